The minimum Gasteiger partial charge on any atom is -0.759 e. The van der Waals surface area contributed by atoms with Crippen molar-refractivity contribution in [2.45, 2.75) is 0 Å². The van der Waals surface area contributed by atoms with E-state index in [1.54, 1.807) is 0 Å². The maximum absolute atomic E-state index is 8.52. The zero-order valence-electron chi connectivity index (χ0n) is 14.2. The normalized spacial score (nSPS) is 19.2. The summed E-state index contributed by atoms with van der Waals surface area (Å²) in [4.78, 5) is 0. The zero-order chi connectivity index (χ0) is 19.5. The van der Waals surface area contributed by atoms with Gasteiger partial charge in [-0.3, -0.25) is 8.42 Å². The maximum Gasteiger partial charge on any atom is 0.162 e. The highest BCUT2D eigenvalue weighted by Crippen LogP contribution is 1.99. The van der Waals surface area contributed by atoms with Gasteiger partial charge in [0.25, 0.3) is 0 Å². The molecule has 140 valence electrons. The molecule has 0 aromatic heterocycles. The van der Waals surface area contributed by atoms with E-state index >= 15 is 0 Å². The third kappa shape index (κ3) is 8.31. The van der Waals surface area contributed by atoms with Crippen molar-refractivity contribution in [2.75, 3.05) is 0 Å². The molecule has 0 fully saturated rings. The summed E-state index contributed by atoms with van der Waals surface area (Å²) in [6.07, 6.45) is 11.5. The SMILES string of the molecule is C1=C[NH+](c2ccccc2)N=C1.C1=C[NH+](c2ccccc2)N=C1.O=S(=O)([O-])[O-]. The van der Waals surface area contributed by atoms with Crippen LogP contribution in [-0.4, -0.2) is 30.0 Å². The highest BCUT2D eigenvalue weighted by molar-refractivity contribution is 7.79. The van der Waals surface area contributed by atoms with Crippen LogP contribution in [0.5, 0.6) is 0 Å². The Morgan fingerprint density at radius 2 is 1.00 bits per heavy atom. The molecule has 0 aliphatic carbocycles. The Morgan fingerprint density at radius 3 is 1.26 bits per heavy atom. The number of benzene rings is 2. The molecule has 0 saturated heterocycles. The molecule has 2 atom stereocenters. The van der Waals surface area contributed by atoms with Crippen molar-refractivity contribution in [1.29, 1.82) is 0 Å². The van der Waals surface area contributed by atoms with Gasteiger partial charge in [0, 0.05) is 46.8 Å². The molecular formula is C18H18N4O4S. The standard InChI is InChI=1S/2C9H8N2.H2O4S/c2*1-2-5-9(6-3-1)11-8-4-7-10-11;1-5(2,3)4/h2*1-8H;(H2,1,2,3,4). The molecule has 0 radical (unpaired) electrons. The molecule has 9 heteroatoms. The number of hydrogen-bond donors (Lipinski definition) is 2. The number of allylic oxidation sites excluding steroid dienone is 2. The molecule has 27 heavy (non-hydrogen) atoms. The summed E-state index contributed by atoms with van der Waals surface area (Å²) in [7, 11) is -5.17. The van der Waals surface area contributed by atoms with Crippen LogP contribution in [0.15, 0.2) is 95.4 Å². The predicted octanol–water partition coefficient (Wildman–Crippen LogP) is 0.0942. The first-order chi connectivity index (χ1) is 12.9. The van der Waals surface area contributed by atoms with Crippen LogP contribution in [0.1, 0.15) is 0 Å². The van der Waals surface area contributed by atoms with Gasteiger partial charge in [-0.1, -0.05) is 46.6 Å². The van der Waals surface area contributed by atoms with Crippen molar-refractivity contribution in [1.82, 2.24) is 0 Å². The third-order valence-corrected chi connectivity index (χ3v) is 3.25. The second-order valence-corrected chi connectivity index (χ2v) is 6.00. The van der Waals surface area contributed by atoms with Crippen LogP contribution >= 0.6 is 0 Å². The van der Waals surface area contributed by atoms with E-state index in [4.69, 9.17) is 17.5 Å². The fraction of sp³-hybridized carbons (Fsp3) is 0. The minimum atomic E-state index is -5.17. The van der Waals surface area contributed by atoms with Crippen LogP contribution in [0.2, 0.25) is 0 Å². The Bertz CT molecular complexity index is 831. The summed E-state index contributed by atoms with van der Waals surface area (Å²) in [5.41, 5.74) is 2.36. The Labute approximate surface area is 157 Å². The van der Waals surface area contributed by atoms with E-state index in [1.807, 2.05) is 73.4 Å². The van der Waals surface area contributed by atoms with Gasteiger partial charge in [0.15, 0.2) is 11.4 Å². The summed E-state index contributed by atoms with van der Waals surface area (Å²) in [5.74, 6) is 0. The Morgan fingerprint density at radius 1 is 0.667 bits per heavy atom. The van der Waals surface area contributed by atoms with Gasteiger partial charge in [0.1, 0.15) is 12.4 Å². The van der Waals surface area contributed by atoms with Crippen LogP contribution in [0, 0.1) is 0 Å². The second kappa shape index (κ2) is 10.3. The second-order valence-electron chi connectivity index (χ2n) is 5.19. The van der Waals surface area contributed by atoms with Gasteiger partial charge >= 0.3 is 0 Å². The summed E-state index contributed by atoms with van der Waals surface area (Å²) >= 11 is 0. The van der Waals surface area contributed by atoms with Crippen molar-refractivity contribution < 1.29 is 27.5 Å². The van der Waals surface area contributed by atoms with Gasteiger partial charge in [0.2, 0.25) is 0 Å². The molecule has 0 bridgehead atoms. The number of nitrogens with zero attached hydrogens (tertiary/aromatic N) is 2. The lowest BCUT2D eigenvalue weighted by Crippen LogP contribution is -2.96. The lowest BCUT2D eigenvalue weighted by atomic mass is 10.3. The molecule has 2 N–H and O–H groups in total. The molecule has 2 unspecified atom stereocenters. The van der Waals surface area contributed by atoms with Crippen LogP contribution in [0.4, 0.5) is 11.4 Å². The zero-order valence-corrected chi connectivity index (χ0v) is 15.0. The van der Waals surface area contributed by atoms with E-state index in [-0.39, 0.29) is 0 Å². The van der Waals surface area contributed by atoms with E-state index < -0.39 is 10.4 Å². The fourth-order valence-electron chi connectivity index (χ4n) is 2.16. The average molecular weight is 386 g/mol. The largest absolute Gasteiger partial charge is 0.759 e. The molecule has 0 saturated carbocycles. The number of nitrogens with one attached hydrogen (secondary N) is 2. The highest BCUT2D eigenvalue weighted by Gasteiger charge is 2.08. The number of para-hydroxylation sites is 2. The van der Waals surface area contributed by atoms with Gasteiger partial charge in [-0.05, 0) is 0 Å². The summed E-state index contributed by atoms with van der Waals surface area (Å²) in [6, 6.07) is 20.3. The molecule has 2 aliphatic heterocycles. The van der Waals surface area contributed by atoms with Gasteiger partial charge in [0.05, 0.1) is 12.4 Å². The van der Waals surface area contributed by atoms with Crippen molar-refractivity contribution >= 4 is 34.2 Å². The number of hydrogen-bond acceptors (Lipinski definition) is 6. The summed E-state index contributed by atoms with van der Waals surface area (Å²) in [5, 5.41) is 10.5. The van der Waals surface area contributed by atoms with Crippen LogP contribution in [-0.2, 0) is 10.4 Å². The average Bonchev–Trinajstić information content (AvgIpc) is 3.37. The summed E-state index contributed by atoms with van der Waals surface area (Å²) in [6.45, 7) is 0. The van der Waals surface area contributed by atoms with E-state index in [1.165, 1.54) is 11.4 Å². The van der Waals surface area contributed by atoms with Gasteiger partial charge in [-0.25, -0.2) is 0 Å². The fourth-order valence-corrected chi connectivity index (χ4v) is 2.16. The minimum absolute atomic E-state index is 1.05. The number of rotatable bonds is 2. The topological polar surface area (TPSA) is 114 Å². The van der Waals surface area contributed by atoms with E-state index in [9.17, 15) is 0 Å². The Kier molecular flexibility index (Phi) is 7.74. The Hall–Kier alpha value is -2.95. The maximum atomic E-state index is 8.52. The van der Waals surface area contributed by atoms with E-state index in [0.29, 0.717) is 0 Å². The van der Waals surface area contributed by atoms with Gasteiger partial charge in [-0.15, -0.1) is 0 Å². The van der Waals surface area contributed by atoms with Crippen LogP contribution in [0.25, 0.3) is 0 Å². The molecule has 2 aromatic carbocycles. The molecule has 4 rings (SSSR count). The van der Waals surface area contributed by atoms with Crippen molar-refractivity contribution in [3.8, 4) is 0 Å². The quantitative estimate of drug-likeness (QED) is 0.563. The molecule has 8 nitrogen and oxygen atoms in total. The predicted molar refractivity (Wildman–Crippen MR) is 99.9 cm³/mol. The first-order valence-electron chi connectivity index (χ1n) is 7.86. The van der Waals surface area contributed by atoms with Crippen molar-refractivity contribution in [2.24, 2.45) is 10.2 Å². The first-order valence-corrected chi connectivity index (χ1v) is 9.20. The van der Waals surface area contributed by atoms with Gasteiger partial charge < -0.3 is 9.11 Å². The molecule has 2 aliphatic rings. The Balaban J connectivity index is 0.000000157. The molecule has 2 heterocycles. The highest BCUT2D eigenvalue weighted by atomic mass is 32.3. The van der Waals surface area contributed by atoms with Gasteiger partial charge in [-0.2, -0.15) is 10.0 Å². The van der Waals surface area contributed by atoms with Crippen LogP contribution in [0.3, 0.4) is 0 Å². The molecule has 2 aromatic rings. The van der Waals surface area contributed by atoms with E-state index in [2.05, 4.69) is 34.5 Å². The van der Waals surface area contributed by atoms with Crippen LogP contribution < -0.4 is 10.0 Å². The van der Waals surface area contributed by atoms with Crippen molar-refractivity contribution in [3.05, 3.63) is 85.2 Å². The lowest BCUT2D eigenvalue weighted by Gasteiger charge is -2.06. The number of quaternary nitrogens is 2. The molecule has 0 spiro atoms. The first kappa shape index (κ1) is 20.4. The molecule has 0 amide bonds. The van der Waals surface area contributed by atoms with Crippen molar-refractivity contribution in [3.63, 3.8) is 0 Å². The lowest BCUT2D eigenvalue weighted by molar-refractivity contribution is -0.779. The third-order valence-electron chi connectivity index (χ3n) is 3.25. The van der Waals surface area contributed by atoms with E-state index in [0.717, 1.165) is 10.0 Å². The monoisotopic (exact) mass is 386 g/mol. The summed E-state index contributed by atoms with van der Waals surface area (Å²) < 4.78 is 34.1. The smallest absolute Gasteiger partial charge is 0.162 e. The molecular weight excluding hydrogens is 368 g/mol.